The predicted octanol–water partition coefficient (Wildman–Crippen LogP) is 2.53. The minimum absolute atomic E-state index is 0.0150. The fourth-order valence-electron chi connectivity index (χ4n) is 2.23. The Morgan fingerprint density at radius 2 is 2.10 bits per heavy atom. The van der Waals surface area contributed by atoms with Crippen molar-refractivity contribution in [3.8, 4) is 11.3 Å². The van der Waals surface area contributed by atoms with Crippen LogP contribution >= 0.6 is 0 Å². The summed E-state index contributed by atoms with van der Waals surface area (Å²) in [5.74, 6) is -0.134. The van der Waals surface area contributed by atoms with Gasteiger partial charge in [-0.2, -0.15) is 0 Å². The Hall–Kier alpha value is -2.21. The van der Waals surface area contributed by atoms with E-state index in [1.54, 1.807) is 18.3 Å². The topological polar surface area (TPSA) is 66.6 Å². The summed E-state index contributed by atoms with van der Waals surface area (Å²) >= 11 is 0. The minimum Gasteiger partial charge on any atom is -0.480 e. The molecule has 21 heavy (non-hydrogen) atoms. The molecule has 0 spiro atoms. The molecule has 1 fully saturated rings. The van der Waals surface area contributed by atoms with Gasteiger partial charge in [-0.25, -0.2) is 9.37 Å². The van der Waals surface area contributed by atoms with Gasteiger partial charge in [-0.05, 0) is 37.1 Å². The van der Waals surface area contributed by atoms with E-state index in [0.29, 0.717) is 24.2 Å². The van der Waals surface area contributed by atoms with Crippen LogP contribution in [0.5, 0.6) is 0 Å². The normalized spacial score (nSPS) is 14.6. The summed E-state index contributed by atoms with van der Waals surface area (Å²) in [6, 6.07) is 6.27. The molecule has 1 heterocycles. The molecule has 3 rings (SSSR count). The number of carbonyl (C=O) groups is 1. The van der Waals surface area contributed by atoms with Gasteiger partial charge >= 0.3 is 5.97 Å². The van der Waals surface area contributed by atoms with Gasteiger partial charge in [0.1, 0.15) is 5.82 Å². The average molecular weight is 290 g/mol. The molecular weight excluding hydrogens is 275 g/mol. The lowest BCUT2D eigenvalue weighted by atomic mass is 10.2. The van der Waals surface area contributed by atoms with Crippen LogP contribution in [0.1, 0.15) is 18.7 Å². The summed E-state index contributed by atoms with van der Waals surface area (Å²) in [5, 5.41) is 8.92. The van der Waals surface area contributed by atoms with Gasteiger partial charge in [-0.1, -0.05) is 0 Å². The first kappa shape index (κ1) is 13.8. The number of oxazole rings is 1. The van der Waals surface area contributed by atoms with Crippen LogP contribution in [-0.2, 0) is 11.3 Å². The number of nitrogens with zero attached hydrogens (tertiary/aromatic N) is 2. The van der Waals surface area contributed by atoms with Gasteiger partial charge in [0.2, 0.25) is 5.89 Å². The third-order valence-electron chi connectivity index (χ3n) is 3.42. The summed E-state index contributed by atoms with van der Waals surface area (Å²) in [6.45, 7) is 0.358. The molecule has 0 unspecified atom stereocenters. The number of halogens is 1. The largest absolute Gasteiger partial charge is 0.480 e. The Bertz CT molecular complexity index is 635. The maximum absolute atomic E-state index is 12.9. The standard InChI is InChI=1S/C15H15FN2O3/c16-11-3-1-10(2-4-11)13-7-17-14(21-13)8-18(9-15(19)20)12-5-6-12/h1-4,7,12H,5-6,8-9H2,(H,19,20). The number of rotatable bonds is 6. The van der Waals surface area contributed by atoms with Gasteiger partial charge < -0.3 is 9.52 Å². The van der Waals surface area contributed by atoms with E-state index in [0.717, 1.165) is 18.4 Å². The van der Waals surface area contributed by atoms with Gasteiger partial charge in [-0.3, -0.25) is 9.69 Å². The summed E-state index contributed by atoms with van der Waals surface area (Å²) in [5.41, 5.74) is 0.742. The van der Waals surface area contributed by atoms with E-state index >= 15 is 0 Å². The molecule has 0 radical (unpaired) electrons. The van der Waals surface area contributed by atoms with E-state index in [2.05, 4.69) is 4.98 Å². The van der Waals surface area contributed by atoms with Crippen molar-refractivity contribution in [3.05, 3.63) is 42.2 Å². The maximum atomic E-state index is 12.9. The Labute approximate surface area is 121 Å². The van der Waals surface area contributed by atoms with Crippen LogP contribution < -0.4 is 0 Å². The van der Waals surface area contributed by atoms with Gasteiger partial charge in [0.25, 0.3) is 0 Å². The lowest BCUT2D eigenvalue weighted by Gasteiger charge is -2.17. The highest BCUT2D eigenvalue weighted by Crippen LogP contribution is 2.28. The molecule has 5 nitrogen and oxygen atoms in total. The third kappa shape index (κ3) is 3.46. The monoisotopic (exact) mass is 290 g/mol. The molecule has 0 bridgehead atoms. The first-order valence-corrected chi connectivity index (χ1v) is 6.78. The number of benzene rings is 1. The Kier molecular flexibility index (Phi) is 3.70. The average Bonchev–Trinajstić information content (AvgIpc) is 3.19. The lowest BCUT2D eigenvalue weighted by molar-refractivity contribution is -0.138. The van der Waals surface area contributed by atoms with Crippen LogP contribution in [0.15, 0.2) is 34.9 Å². The zero-order valence-electron chi connectivity index (χ0n) is 11.3. The first-order valence-electron chi connectivity index (χ1n) is 6.78. The number of aliphatic carboxylic acids is 1. The van der Waals surface area contributed by atoms with Crippen molar-refractivity contribution >= 4 is 5.97 Å². The second kappa shape index (κ2) is 5.65. The molecule has 2 aromatic rings. The quantitative estimate of drug-likeness (QED) is 0.885. The van der Waals surface area contributed by atoms with Gasteiger partial charge in [0.15, 0.2) is 5.76 Å². The zero-order chi connectivity index (χ0) is 14.8. The first-order chi connectivity index (χ1) is 10.1. The van der Waals surface area contributed by atoms with Crippen molar-refractivity contribution in [1.82, 2.24) is 9.88 Å². The molecule has 0 atom stereocenters. The van der Waals surface area contributed by atoms with Crippen molar-refractivity contribution in [1.29, 1.82) is 0 Å². The van der Waals surface area contributed by atoms with Gasteiger partial charge in [-0.15, -0.1) is 0 Å². The smallest absolute Gasteiger partial charge is 0.317 e. The number of carboxylic acids is 1. The Balaban J connectivity index is 1.72. The Morgan fingerprint density at radius 3 is 2.71 bits per heavy atom. The summed E-state index contributed by atoms with van der Waals surface area (Å²) < 4.78 is 18.5. The highest BCUT2D eigenvalue weighted by atomic mass is 19.1. The number of hydrogen-bond donors (Lipinski definition) is 1. The number of hydrogen-bond acceptors (Lipinski definition) is 4. The lowest BCUT2D eigenvalue weighted by Crippen LogP contribution is -2.31. The fourth-order valence-corrected chi connectivity index (χ4v) is 2.23. The molecular formula is C15H15FN2O3. The van der Waals surface area contributed by atoms with E-state index in [1.807, 2.05) is 4.90 Å². The van der Waals surface area contributed by atoms with Gasteiger partial charge in [0, 0.05) is 11.6 Å². The molecule has 0 saturated heterocycles. The Morgan fingerprint density at radius 1 is 1.38 bits per heavy atom. The van der Waals surface area contributed by atoms with Crippen molar-refractivity contribution in [2.45, 2.75) is 25.4 Å². The molecule has 0 aliphatic heterocycles. The predicted molar refractivity (Wildman–Crippen MR) is 73.0 cm³/mol. The van der Waals surface area contributed by atoms with Crippen molar-refractivity contribution in [2.24, 2.45) is 0 Å². The van der Waals surface area contributed by atoms with E-state index in [9.17, 15) is 9.18 Å². The second-order valence-electron chi connectivity index (χ2n) is 5.16. The van der Waals surface area contributed by atoms with Crippen LogP contribution in [-0.4, -0.2) is 33.5 Å². The van der Waals surface area contributed by atoms with Crippen LogP contribution in [0.3, 0.4) is 0 Å². The van der Waals surface area contributed by atoms with E-state index < -0.39 is 5.97 Å². The SMILES string of the molecule is O=C(O)CN(Cc1ncc(-c2ccc(F)cc2)o1)C1CC1. The number of carboxylic acid groups (broad SMARTS) is 1. The molecule has 1 aromatic heterocycles. The van der Waals surface area contributed by atoms with E-state index in [4.69, 9.17) is 9.52 Å². The number of aromatic nitrogens is 1. The van der Waals surface area contributed by atoms with E-state index in [-0.39, 0.29) is 12.4 Å². The summed E-state index contributed by atoms with van der Waals surface area (Å²) in [4.78, 5) is 16.9. The molecule has 1 aliphatic rings. The van der Waals surface area contributed by atoms with Crippen LogP contribution in [0, 0.1) is 5.82 Å². The summed E-state index contributed by atoms with van der Waals surface area (Å²) in [7, 11) is 0. The van der Waals surface area contributed by atoms with Crippen LogP contribution in [0.4, 0.5) is 4.39 Å². The minimum atomic E-state index is -0.854. The molecule has 0 amide bonds. The third-order valence-corrected chi connectivity index (χ3v) is 3.42. The fraction of sp³-hybridized carbons (Fsp3) is 0.333. The summed E-state index contributed by atoms with van der Waals surface area (Å²) in [6.07, 6.45) is 3.60. The highest BCUT2D eigenvalue weighted by molar-refractivity contribution is 5.69. The van der Waals surface area contributed by atoms with Crippen LogP contribution in [0.25, 0.3) is 11.3 Å². The molecule has 1 saturated carbocycles. The molecule has 1 N–H and O–H groups in total. The van der Waals surface area contributed by atoms with Crippen molar-refractivity contribution in [3.63, 3.8) is 0 Å². The van der Waals surface area contributed by atoms with E-state index in [1.165, 1.54) is 12.1 Å². The molecule has 6 heteroatoms. The maximum Gasteiger partial charge on any atom is 0.317 e. The van der Waals surface area contributed by atoms with Crippen molar-refractivity contribution < 1.29 is 18.7 Å². The second-order valence-corrected chi connectivity index (χ2v) is 5.16. The van der Waals surface area contributed by atoms with Crippen LogP contribution in [0.2, 0.25) is 0 Å². The molecule has 110 valence electrons. The zero-order valence-corrected chi connectivity index (χ0v) is 11.3. The van der Waals surface area contributed by atoms with Crippen molar-refractivity contribution in [2.75, 3.05) is 6.54 Å². The van der Waals surface area contributed by atoms with Gasteiger partial charge in [0.05, 0.1) is 19.3 Å². The molecule has 1 aromatic carbocycles. The highest BCUT2D eigenvalue weighted by Gasteiger charge is 2.31. The molecule has 1 aliphatic carbocycles.